The van der Waals surface area contributed by atoms with E-state index in [4.69, 9.17) is 32.7 Å². The lowest BCUT2D eigenvalue weighted by Crippen LogP contribution is -2.54. The molecule has 0 spiro atoms. The molecule has 16 heteroatoms. The van der Waals surface area contributed by atoms with Crippen molar-refractivity contribution in [1.29, 1.82) is 0 Å². The van der Waals surface area contributed by atoms with E-state index in [1.54, 1.807) is 0 Å². The van der Waals surface area contributed by atoms with E-state index in [0.29, 0.717) is 34.3 Å². The van der Waals surface area contributed by atoms with Crippen LogP contribution in [0.3, 0.4) is 0 Å². The Bertz CT molecular complexity index is 2330. The minimum Gasteiger partial charge on any atom is -0.457 e. The largest absolute Gasteiger partial charge is 0.457 e. The summed E-state index contributed by atoms with van der Waals surface area (Å²) in [6, 6.07) is 27.4. The fourth-order valence-electron chi connectivity index (χ4n) is 5.67. The molecule has 0 unspecified atom stereocenters. The lowest BCUT2D eigenvalue weighted by molar-refractivity contribution is -0.288. The van der Waals surface area contributed by atoms with Gasteiger partial charge in [0.2, 0.25) is 25.1 Å². The van der Waals surface area contributed by atoms with Gasteiger partial charge in [-0.2, -0.15) is 26.3 Å². The highest BCUT2D eigenvalue weighted by Gasteiger charge is 2.72. The Labute approximate surface area is 321 Å². The first-order chi connectivity index (χ1) is 25.8. The van der Waals surface area contributed by atoms with Gasteiger partial charge in [0.1, 0.15) is 23.0 Å². The molecular formula is C39H24Cl2F6O6S2. The average molecular weight is 838 g/mol. The van der Waals surface area contributed by atoms with Gasteiger partial charge in [-0.3, -0.25) is 0 Å². The summed E-state index contributed by atoms with van der Waals surface area (Å²) in [6.07, 6.45) is -11.7. The fourth-order valence-corrected chi connectivity index (χ4v) is 8.45. The molecule has 0 atom stereocenters. The third-order valence-corrected chi connectivity index (χ3v) is 12.5. The molecule has 284 valence electrons. The Morgan fingerprint density at radius 1 is 0.364 bits per heavy atom. The van der Waals surface area contributed by atoms with Crippen molar-refractivity contribution in [3.63, 3.8) is 0 Å². The zero-order chi connectivity index (χ0) is 39.8. The normalized spacial score (nSPS) is 12.7. The van der Waals surface area contributed by atoms with Gasteiger partial charge < -0.3 is 9.47 Å². The third-order valence-electron chi connectivity index (χ3n) is 8.41. The molecule has 0 aliphatic carbocycles. The number of alkyl halides is 6. The van der Waals surface area contributed by atoms with E-state index >= 15 is 0 Å². The molecule has 6 aromatic rings. The molecule has 6 nitrogen and oxygen atoms in total. The highest BCUT2D eigenvalue weighted by atomic mass is 35.5. The Hall–Kier alpha value is -5.02. The first-order valence-corrected chi connectivity index (χ1v) is 19.5. The molecule has 0 saturated carbocycles. The zero-order valence-corrected chi connectivity index (χ0v) is 30.8. The molecule has 0 radical (unpaired) electrons. The predicted octanol–water partition coefficient (Wildman–Crippen LogP) is 11.7. The Kier molecular flexibility index (Phi) is 10.7. The van der Waals surface area contributed by atoms with Crippen molar-refractivity contribution in [2.75, 3.05) is 0 Å². The summed E-state index contributed by atoms with van der Waals surface area (Å²) in [5, 5.41) is 0.681. The number of halogens is 8. The van der Waals surface area contributed by atoms with Crippen molar-refractivity contribution in [1.82, 2.24) is 0 Å². The molecule has 0 N–H and O–H groups in total. The molecular weight excluding hydrogens is 813 g/mol. The minimum atomic E-state index is -5.87. The van der Waals surface area contributed by atoms with E-state index in [1.165, 1.54) is 97.1 Å². The van der Waals surface area contributed by atoms with Crippen molar-refractivity contribution in [2.24, 2.45) is 0 Å². The molecule has 55 heavy (non-hydrogen) atoms. The van der Waals surface area contributed by atoms with Crippen LogP contribution in [0.15, 0.2) is 165 Å². The van der Waals surface area contributed by atoms with Crippen molar-refractivity contribution < 1.29 is 52.7 Å². The second kappa shape index (κ2) is 14.9. The van der Waals surface area contributed by atoms with Gasteiger partial charge in [-0.15, -0.1) is 0 Å². The highest BCUT2D eigenvalue weighted by molar-refractivity contribution is 7.91. The van der Waals surface area contributed by atoms with Crippen molar-refractivity contribution >= 4 is 42.9 Å². The lowest BCUT2D eigenvalue weighted by atomic mass is 9.73. The standard InChI is InChI=1S/C39H24Cl2F6O6S2/c40-27-5-17-33(18-6-27)54(48,49)35-21-13-31(14-22-35)52-29-9-1-25(2-10-29)37(38(42,43)44,39(45,46)47)26-3-11-30(12-4-26)53-32-15-23-36(24-16-32)55(50,51)34-19-7-28(41)8-20-34/h1-24H. The van der Waals surface area contributed by atoms with Crippen LogP contribution < -0.4 is 9.47 Å². The van der Waals surface area contributed by atoms with Crippen molar-refractivity contribution in [2.45, 2.75) is 37.3 Å². The molecule has 6 rings (SSSR count). The molecule has 0 fully saturated rings. The number of sulfone groups is 2. The van der Waals surface area contributed by atoms with Gasteiger partial charge in [0.15, 0.2) is 0 Å². The molecule has 0 aromatic heterocycles. The number of ether oxygens (including phenoxy) is 2. The van der Waals surface area contributed by atoms with Crippen LogP contribution in [0, 0.1) is 0 Å². The Balaban J connectivity index is 1.22. The maximum Gasteiger partial charge on any atom is 0.411 e. The fraction of sp³-hybridized carbons (Fsp3) is 0.0769. The quantitative estimate of drug-likeness (QED) is 0.128. The average Bonchev–Trinajstić information content (AvgIpc) is 3.13. The van der Waals surface area contributed by atoms with Crippen LogP contribution >= 0.6 is 23.2 Å². The first kappa shape index (κ1) is 39.7. The monoisotopic (exact) mass is 836 g/mol. The van der Waals surface area contributed by atoms with Gasteiger partial charge >= 0.3 is 12.4 Å². The smallest absolute Gasteiger partial charge is 0.411 e. The third kappa shape index (κ3) is 7.90. The first-order valence-electron chi connectivity index (χ1n) is 15.7. The van der Waals surface area contributed by atoms with Crippen LogP contribution in [0.5, 0.6) is 23.0 Å². The second-order valence-electron chi connectivity index (χ2n) is 11.9. The van der Waals surface area contributed by atoms with Crippen LogP contribution in [0.2, 0.25) is 10.0 Å². The number of hydrogen-bond donors (Lipinski definition) is 0. The van der Waals surface area contributed by atoms with Crippen LogP contribution in [0.4, 0.5) is 26.3 Å². The molecule has 0 saturated heterocycles. The van der Waals surface area contributed by atoms with Crippen LogP contribution in [-0.4, -0.2) is 29.2 Å². The van der Waals surface area contributed by atoms with Crippen molar-refractivity contribution in [3.05, 3.63) is 167 Å². The van der Waals surface area contributed by atoms with E-state index in [1.807, 2.05) is 0 Å². The number of hydrogen-bond acceptors (Lipinski definition) is 6. The Morgan fingerprint density at radius 2 is 0.582 bits per heavy atom. The lowest BCUT2D eigenvalue weighted by Gasteiger charge is -2.38. The molecule has 0 aliphatic rings. The van der Waals surface area contributed by atoms with E-state index in [-0.39, 0.29) is 42.6 Å². The molecule has 0 aliphatic heterocycles. The van der Waals surface area contributed by atoms with Gasteiger partial charge in [-0.05, 0) is 132 Å². The highest BCUT2D eigenvalue weighted by Crippen LogP contribution is 2.56. The Morgan fingerprint density at radius 3 is 0.818 bits per heavy atom. The maximum absolute atomic E-state index is 14.8. The summed E-state index contributed by atoms with van der Waals surface area (Å²) < 4.78 is 152. The topological polar surface area (TPSA) is 86.7 Å². The predicted molar refractivity (Wildman–Crippen MR) is 193 cm³/mol. The molecule has 0 heterocycles. The summed E-state index contributed by atoms with van der Waals surface area (Å²) >= 11 is 11.7. The maximum atomic E-state index is 14.8. The summed E-state index contributed by atoms with van der Waals surface area (Å²) in [5.41, 5.74) is -6.75. The van der Waals surface area contributed by atoms with Crippen LogP contribution in [0.1, 0.15) is 11.1 Å². The molecule has 6 aromatic carbocycles. The van der Waals surface area contributed by atoms with E-state index < -0.39 is 48.6 Å². The number of rotatable bonds is 10. The SMILES string of the molecule is O=S(=O)(c1ccc(Cl)cc1)c1ccc(Oc2ccc(C(c3ccc(Oc4ccc(S(=O)(=O)c5ccc(Cl)cc5)cc4)cc3)(C(F)(F)F)C(F)(F)F)cc2)cc1. The molecule has 0 bridgehead atoms. The minimum absolute atomic E-state index is 0.0166. The number of benzene rings is 6. The van der Waals surface area contributed by atoms with E-state index in [0.717, 1.165) is 24.3 Å². The van der Waals surface area contributed by atoms with Crippen LogP contribution in [-0.2, 0) is 25.1 Å². The van der Waals surface area contributed by atoms with Gasteiger partial charge in [0.25, 0.3) is 0 Å². The van der Waals surface area contributed by atoms with Gasteiger partial charge in [-0.1, -0.05) is 47.5 Å². The van der Waals surface area contributed by atoms with E-state index in [9.17, 15) is 43.2 Å². The summed E-state index contributed by atoms with van der Waals surface area (Å²) in [6.45, 7) is 0. The summed E-state index contributed by atoms with van der Waals surface area (Å²) in [4.78, 5) is -0.214. The van der Waals surface area contributed by atoms with E-state index in [2.05, 4.69) is 0 Å². The zero-order valence-electron chi connectivity index (χ0n) is 27.6. The summed E-state index contributed by atoms with van der Waals surface area (Å²) in [7, 11) is -7.83. The van der Waals surface area contributed by atoms with Gasteiger partial charge in [-0.25, -0.2) is 16.8 Å². The van der Waals surface area contributed by atoms with Gasteiger partial charge in [0, 0.05) is 10.0 Å². The van der Waals surface area contributed by atoms with Gasteiger partial charge in [0.05, 0.1) is 19.6 Å². The van der Waals surface area contributed by atoms with Crippen LogP contribution in [0.25, 0.3) is 0 Å². The molecule has 0 amide bonds. The summed E-state index contributed by atoms with van der Waals surface area (Å²) in [5.74, 6) is -0.111. The second-order valence-corrected chi connectivity index (χ2v) is 16.6. The van der Waals surface area contributed by atoms with Crippen molar-refractivity contribution in [3.8, 4) is 23.0 Å².